The number of Topliss-reactive ketones (excluding diaryl/α,β-unsaturated/α-hetero) is 1. The summed E-state index contributed by atoms with van der Waals surface area (Å²) in [4.78, 5) is 12.8. The van der Waals surface area contributed by atoms with Gasteiger partial charge >= 0.3 is 0 Å². The first kappa shape index (κ1) is 13.7. The lowest BCUT2D eigenvalue weighted by Gasteiger charge is -2.39. The summed E-state index contributed by atoms with van der Waals surface area (Å²) < 4.78 is 18.9. The van der Waals surface area contributed by atoms with Crippen LogP contribution in [0.4, 0.5) is 4.39 Å². The molecule has 0 amide bonds. The van der Waals surface area contributed by atoms with Gasteiger partial charge in [0.05, 0.1) is 13.2 Å². The second kappa shape index (κ2) is 5.26. The first-order valence-corrected chi connectivity index (χ1v) is 7.19. The summed E-state index contributed by atoms with van der Waals surface area (Å²) in [6, 6.07) is 3.45. The van der Waals surface area contributed by atoms with Crippen molar-refractivity contribution in [1.29, 1.82) is 0 Å². The smallest absolute Gasteiger partial charge is 0.166 e. The Bertz CT molecular complexity index is 508. The van der Waals surface area contributed by atoms with Gasteiger partial charge < -0.3 is 10.1 Å². The molecule has 0 spiro atoms. The first-order chi connectivity index (χ1) is 9.54. The highest BCUT2D eigenvalue weighted by atomic mass is 19.1. The van der Waals surface area contributed by atoms with E-state index in [1.165, 1.54) is 12.1 Å². The maximum atomic E-state index is 13.4. The minimum atomic E-state index is -0.271. The van der Waals surface area contributed by atoms with E-state index in [0.29, 0.717) is 18.8 Å². The van der Waals surface area contributed by atoms with Crippen LogP contribution in [-0.4, -0.2) is 31.1 Å². The Hall–Kier alpha value is -1.26. The fraction of sp³-hybridized carbons (Fsp3) is 0.562. The number of rotatable bonds is 2. The highest BCUT2D eigenvalue weighted by Gasteiger charge is 2.36. The normalized spacial score (nSPS) is 29.2. The van der Waals surface area contributed by atoms with E-state index >= 15 is 0 Å². The van der Waals surface area contributed by atoms with Crippen LogP contribution < -0.4 is 5.32 Å². The Morgan fingerprint density at radius 3 is 2.30 bits per heavy atom. The molecular weight excluding hydrogens is 257 g/mol. The number of ketones is 1. The van der Waals surface area contributed by atoms with Gasteiger partial charge in [0.15, 0.2) is 5.78 Å². The first-order valence-electron chi connectivity index (χ1n) is 7.19. The molecule has 2 unspecified atom stereocenters. The lowest BCUT2D eigenvalue weighted by molar-refractivity contribution is 0.00950. The van der Waals surface area contributed by atoms with E-state index in [2.05, 4.69) is 5.32 Å². The van der Waals surface area contributed by atoms with Crippen molar-refractivity contribution >= 4 is 5.78 Å². The number of ether oxygens (including phenoxy) is 1. The number of fused-ring (bicyclic) bond motifs is 2. The van der Waals surface area contributed by atoms with Crippen molar-refractivity contribution in [2.45, 2.75) is 38.8 Å². The highest BCUT2D eigenvalue weighted by molar-refractivity contribution is 6.00. The van der Waals surface area contributed by atoms with Crippen LogP contribution in [0.5, 0.6) is 0 Å². The Morgan fingerprint density at radius 1 is 1.20 bits per heavy atom. The zero-order valence-electron chi connectivity index (χ0n) is 11.9. The summed E-state index contributed by atoms with van der Waals surface area (Å²) in [5.74, 6) is -0.0801. The molecule has 2 saturated heterocycles. The van der Waals surface area contributed by atoms with Gasteiger partial charge in [-0.1, -0.05) is 0 Å². The van der Waals surface area contributed by atoms with Gasteiger partial charge in [0.2, 0.25) is 0 Å². The van der Waals surface area contributed by atoms with Crippen molar-refractivity contribution in [3.8, 4) is 0 Å². The molecule has 0 radical (unpaired) electrons. The third kappa shape index (κ3) is 2.50. The predicted molar refractivity (Wildman–Crippen MR) is 74.5 cm³/mol. The van der Waals surface area contributed by atoms with Crippen LogP contribution in [0, 0.1) is 25.6 Å². The number of morpholine rings is 1. The van der Waals surface area contributed by atoms with Gasteiger partial charge in [-0.15, -0.1) is 0 Å². The van der Waals surface area contributed by atoms with Crippen LogP contribution in [0.15, 0.2) is 12.1 Å². The zero-order chi connectivity index (χ0) is 14.3. The highest BCUT2D eigenvalue weighted by Crippen LogP contribution is 2.29. The molecule has 1 aromatic carbocycles. The maximum absolute atomic E-state index is 13.4. The van der Waals surface area contributed by atoms with E-state index in [1.54, 1.807) is 0 Å². The fourth-order valence-corrected chi connectivity index (χ4v) is 3.55. The van der Waals surface area contributed by atoms with Gasteiger partial charge in [0, 0.05) is 23.6 Å². The molecule has 20 heavy (non-hydrogen) atoms. The van der Waals surface area contributed by atoms with Crippen molar-refractivity contribution in [3.63, 3.8) is 0 Å². The Labute approximate surface area is 118 Å². The SMILES string of the molecule is Cc1cc(F)cc(C)c1C(=O)C1CC2COCC(C1)N2. The Morgan fingerprint density at radius 2 is 1.75 bits per heavy atom. The van der Waals surface area contributed by atoms with Crippen LogP contribution in [0.2, 0.25) is 0 Å². The van der Waals surface area contributed by atoms with Gasteiger partial charge in [0.1, 0.15) is 5.82 Å². The van der Waals surface area contributed by atoms with E-state index < -0.39 is 0 Å². The molecule has 2 aliphatic rings. The third-order valence-electron chi connectivity index (χ3n) is 4.36. The van der Waals surface area contributed by atoms with Crippen LogP contribution in [0.25, 0.3) is 0 Å². The number of carbonyl (C=O) groups is 1. The summed E-state index contributed by atoms with van der Waals surface area (Å²) in [7, 11) is 0. The summed E-state index contributed by atoms with van der Waals surface area (Å²) >= 11 is 0. The molecule has 1 aromatic rings. The summed E-state index contributed by atoms with van der Waals surface area (Å²) in [6.07, 6.45) is 1.62. The number of hydrogen-bond acceptors (Lipinski definition) is 3. The Balaban J connectivity index is 1.86. The number of aryl methyl sites for hydroxylation is 2. The average molecular weight is 277 g/mol. The average Bonchev–Trinajstić information content (AvgIpc) is 2.36. The number of benzene rings is 1. The number of halogens is 1. The molecule has 1 N–H and O–H groups in total. The molecule has 0 saturated carbocycles. The van der Waals surface area contributed by atoms with E-state index in [9.17, 15) is 9.18 Å². The quantitative estimate of drug-likeness (QED) is 0.844. The number of carbonyl (C=O) groups excluding carboxylic acids is 1. The predicted octanol–water partition coefficient (Wildman–Crippen LogP) is 2.39. The van der Waals surface area contributed by atoms with Crippen molar-refractivity contribution < 1.29 is 13.9 Å². The minimum Gasteiger partial charge on any atom is -0.378 e. The van der Waals surface area contributed by atoms with Gasteiger partial charge in [-0.25, -0.2) is 4.39 Å². The van der Waals surface area contributed by atoms with Gasteiger partial charge in [-0.05, 0) is 49.9 Å². The van der Waals surface area contributed by atoms with Crippen LogP contribution in [-0.2, 0) is 4.74 Å². The molecule has 2 fully saturated rings. The van der Waals surface area contributed by atoms with E-state index in [4.69, 9.17) is 4.74 Å². The number of piperidine rings is 1. The summed E-state index contributed by atoms with van der Waals surface area (Å²) in [6.45, 7) is 4.99. The molecule has 2 atom stereocenters. The molecule has 0 aliphatic carbocycles. The summed E-state index contributed by atoms with van der Waals surface area (Å²) in [5, 5.41) is 3.49. The molecule has 3 nitrogen and oxygen atoms in total. The molecule has 4 heteroatoms. The number of nitrogens with one attached hydrogen (secondary N) is 1. The standard InChI is InChI=1S/C16H20FNO2/c1-9-3-12(17)4-10(2)15(9)16(19)11-5-13-7-20-8-14(6-11)18-13/h3-4,11,13-14,18H,5-8H2,1-2H3. The molecule has 2 heterocycles. The van der Waals surface area contributed by atoms with Gasteiger partial charge in [-0.2, -0.15) is 0 Å². The van der Waals surface area contributed by atoms with Crippen molar-refractivity contribution in [2.24, 2.45) is 5.92 Å². The topological polar surface area (TPSA) is 38.3 Å². The second-order valence-electron chi connectivity index (χ2n) is 6.05. The molecular formula is C16H20FNO2. The van der Waals surface area contributed by atoms with Crippen LogP contribution in [0.1, 0.15) is 34.3 Å². The van der Waals surface area contributed by atoms with E-state index in [-0.39, 0.29) is 29.6 Å². The van der Waals surface area contributed by atoms with Crippen molar-refractivity contribution in [1.82, 2.24) is 5.32 Å². The van der Waals surface area contributed by atoms with Crippen LogP contribution >= 0.6 is 0 Å². The lowest BCUT2D eigenvalue weighted by atomic mass is 9.80. The minimum absolute atomic E-state index is 0.0259. The summed E-state index contributed by atoms with van der Waals surface area (Å²) in [5.41, 5.74) is 2.19. The van der Waals surface area contributed by atoms with Crippen LogP contribution in [0.3, 0.4) is 0 Å². The third-order valence-corrected chi connectivity index (χ3v) is 4.36. The monoisotopic (exact) mass is 277 g/mol. The maximum Gasteiger partial charge on any atom is 0.166 e. The second-order valence-corrected chi connectivity index (χ2v) is 6.05. The Kier molecular flexibility index (Phi) is 3.61. The van der Waals surface area contributed by atoms with Crippen molar-refractivity contribution in [2.75, 3.05) is 13.2 Å². The van der Waals surface area contributed by atoms with Crippen molar-refractivity contribution in [3.05, 3.63) is 34.6 Å². The molecule has 2 aliphatic heterocycles. The fourth-order valence-electron chi connectivity index (χ4n) is 3.55. The van der Waals surface area contributed by atoms with Gasteiger partial charge in [-0.3, -0.25) is 4.79 Å². The van der Waals surface area contributed by atoms with E-state index in [1.807, 2.05) is 13.8 Å². The molecule has 2 bridgehead atoms. The molecule has 0 aromatic heterocycles. The molecule has 108 valence electrons. The lowest BCUT2D eigenvalue weighted by Crippen LogP contribution is -2.55. The zero-order valence-corrected chi connectivity index (χ0v) is 11.9. The largest absolute Gasteiger partial charge is 0.378 e. The van der Waals surface area contributed by atoms with E-state index in [0.717, 1.165) is 24.0 Å². The molecule has 3 rings (SSSR count). The number of hydrogen-bond donors (Lipinski definition) is 1. The van der Waals surface area contributed by atoms with Gasteiger partial charge in [0.25, 0.3) is 0 Å².